The number of nitrogens with one attached hydrogen (secondary N) is 2. The number of hydrogen-bond donors (Lipinski definition) is 3. The number of anilines is 2. The highest BCUT2D eigenvalue weighted by Crippen LogP contribution is 2.17. The third-order valence-electron chi connectivity index (χ3n) is 2.34. The Morgan fingerprint density at radius 3 is 2.39 bits per heavy atom. The summed E-state index contributed by atoms with van der Waals surface area (Å²) in [6, 6.07) is 1.92. The third-order valence-corrected chi connectivity index (χ3v) is 2.88. The van der Waals surface area contributed by atoms with Gasteiger partial charge in [-0.05, 0) is 25.5 Å². The molecule has 3 N–H and O–H groups in total. The Morgan fingerprint density at radius 1 is 1.17 bits per heavy atom. The van der Waals surface area contributed by atoms with E-state index in [1.165, 1.54) is 11.8 Å². The van der Waals surface area contributed by atoms with Crippen molar-refractivity contribution in [3.8, 4) is 0 Å². The van der Waals surface area contributed by atoms with Crippen LogP contribution in [0.15, 0.2) is 11.2 Å². The maximum Gasteiger partial charge on any atom is 0.191 e. The molecule has 0 atom stereocenters. The summed E-state index contributed by atoms with van der Waals surface area (Å²) < 4.78 is 0. The lowest BCUT2D eigenvalue weighted by Gasteiger charge is -2.09. The first kappa shape index (κ1) is 15.0. The summed E-state index contributed by atoms with van der Waals surface area (Å²) in [5, 5.41) is 16.0. The zero-order valence-corrected chi connectivity index (χ0v) is 11.9. The molecule has 0 aromatic carbocycles. The molecule has 0 unspecified atom stereocenters. The van der Waals surface area contributed by atoms with Gasteiger partial charge >= 0.3 is 0 Å². The Morgan fingerprint density at radius 2 is 1.83 bits per heavy atom. The van der Waals surface area contributed by atoms with Gasteiger partial charge in [0.2, 0.25) is 0 Å². The minimum Gasteiger partial charge on any atom is -0.396 e. The molecule has 0 saturated carbocycles. The maximum atomic E-state index is 8.72. The van der Waals surface area contributed by atoms with Gasteiger partial charge in [0.25, 0.3) is 0 Å². The Kier molecular flexibility index (Phi) is 7.52. The fourth-order valence-corrected chi connectivity index (χ4v) is 1.78. The maximum absolute atomic E-state index is 8.72. The number of aliphatic hydroxyl groups is 1. The molecule has 102 valence electrons. The van der Waals surface area contributed by atoms with Crippen LogP contribution in [0.25, 0.3) is 0 Å². The highest BCUT2D eigenvalue weighted by Gasteiger charge is 2.03. The highest BCUT2D eigenvalue weighted by atomic mass is 32.2. The van der Waals surface area contributed by atoms with Crippen molar-refractivity contribution in [3.05, 3.63) is 6.07 Å². The van der Waals surface area contributed by atoms with Gasteiger partial charge in [-0.3, -0.25) is 0 Å². The van der Waals surface area contributed by atoms with Crippen LogP contribution >= 0.6 is 11.8 Å². The first-order chi connectivity index (χ1) is 8.80. The van der Waals surface area contributed by atoms with E-state index in [0.29, 0.717) is 0 Å². The predicted molar refractivity (Wildman–Crippen MR) is 77.4 cm³/mol. The van der Waals surface area contributed by atoms with Gasteiger partial charge in [-0.15, -0.1) is 0 Å². The van der Waals surface area contributed by atoms with Crippen molar-refractivity contribution in [2.75, 3.05) is 36.6 Å². The van der Waals surface area contributed by atoms with Crippen LogP contribution < -0.4 is 10.6 Å². The predicted octanol–water partition coefficient (Wildman–Crippen LogP) is 2.20. The van der Waals surface area contributed by atoms with E-state index in [-0.39, 0.29) is 6.61 Å². The van der Waals surface area contributed by atoms with E-state index in [4.69, 9.17) is 5.11 Å². The van der Waals surface area contributed by atoms with E-state index in [1.807, 2.05) is 12.3 Å². The summed E-state index contributed by atoms with van der Waals surface area (Å²) >= 11 is 1.53. The average Bonchev–Trinajstić information content (AvgIpc) is 2.41. The smallest absolute Gasteiger partial charge is 0.191 e. The molecule has 1 heterocycles. The van der Waals surface area contributed by atoms with Gasteiger partial charge in [0, 0.05) is 25.8 Å². The summed E-state index contributed by atoms with van der Waals surface area (Å²) in [7, 11) is 0. The molecular formula is C12H22N4OS. The number of hydrogen-bond acceptors (Lipinski definition) is 6. The van der Waals surface area contributed by atoms with Crippen LogP contribution in [0.5, 0.6) is 0 Å². The fourth-order valence-electron chi connectivity index (χ4n) is 1.40. The molecule has 0 fully saturated rings. The lowest BCUT2D eigenvalue weighted by Crippen LogP contribution is -2.08. The lowest BCUT2D eigenvalue weighted by molar-refractivity contribution is 0.286. The molecule has 5 nitrogen and oxygen atoms in total. The van der Waals surface area contributed by atoms with Gasteiger partial charge in [-0.1, -0.05) is 18.7 Å². The number of unbranched alkanes of at least 4 members (excludes halogenated alkanes) is 1. The molecule has 6 heteroatoms. The molecule has 0 radical (unpaired) electrons. The second-order valence-electron chi connectivity index (χ2n) is 3.91. The standard InChI is InChI=1S/C12H22N4OS/c1-3-6-13-10-9-11(14-7-4-5-8-17)16-12(15-10)18-2/h9,17H,3-8H2,1-2H3,(H2,13,14,15,16). The molecular weight excluding hydrogens is 248 g/mol. The fraction of sp³-hybridized carbons (Fsp3) is 0.667. The SMILES string of the molecule is CCCNc1cc(NCCCCO)nc(SC)n1. The molecule has 0 aliphatic heterocycles. The summed E-state index contributed by atoms with van der Waals surface area (Å²) in [5.41, 5.74) is 0. The first-order valence-corrected chi connectivity index (χ1v) is 7.54. The molecule has 0 bridgehead atoms. The van der Waals surface area contributed by atoms with Gasteiger partial charge in [-0.25, -0.2) is 9.97 Å². The monoisotopic (exact) mass is 270 g/mol. The van der Waals surface area contributed by atoms with Crippen LogP contribution in [0.1, 0.15) is 26.2 Å². The molecule has 1 aromatic rings. The van der Waals surface area contributed by atoms with Crippen LogP contribution in [0, 0.1) is 0 Å². The summed E-state index contributed by atoms with van der Waals surface area (Å²) in [6.45, 7) is 4.09. The van der Waals surface area contributed by atoms with Crippen molar-refractivity contribution in [2.24, 2.45) is 0 Å². The van der Waals surface area contributed by atoms with Gasteiger partial charge in [0.1, 0.15) is 11.6 Å². The van der Waals surface area contributed by atoms with Gasteiger partial charge in [-0.2, -0.15) is 0 Å². The van der Waals surface area contributed by atoms with E-state index >= 15 is 0 Å². The third kappa shape index (κ3) is 5.55. The van der Waals surface area contributed by atoms with Gasteiger partial charge in [0.15, 0.2) is 5.16 Å². The molecule has 18 heavy (non-hydrogen) atoms. The Hall–Kier alpha value is -1.01. The molecule has 0 aliphatic rings. The summed E-state index contributed by atoms with van der Waals surface area (Å²) in [5.74, 6) is 1.70. The van der Waals surface area contributed by atoms with E-state index in [1.54, 1.807) is 0 Å². The number of nitrogens with zero attached hydrogens (tertiary/aromatic N) is 2. The van der Waals surface area contributed by atoms with E-state index in [9.17, 15) is 0 Å². The Bertz CT molecular complexity index is 349. The van der Waals surface area contributed by atoms with Crippen LogP contribution in [0.2, 0.25) is 0 Å². The largest absolute Gasteiger partial charge is 0.396 e. The Labute approximate surface area is 113 Å². The van der Waals surface area contributed by atoms with Crippen molar-refractivity contribution in [2.45, 2.75) is 31.3 Å². The summed E-state index contributed by atoms with van der Waals surface area (Å²) in [6.07, 6.45) is 4.79. The quantitative estimate of drug-likeness (QED) is 0.363. The summed E-state index contributed by atoms with van der Waals surface area (Å²) in [4.78, 5) is 8.79. The molecule has 0 amide bonds. The van der Waals surface area contributed by atoms with Crippen LogP contribution in [0.4, 0.5) is 11.6 Å². The number of aliphatic hydroxyl groups excluding tert-OH is 1. The highest BCUT2D eigenvalue weighted by molar-refractivity contribution is 7.98. The molecule has 1 rings (SSSR count). The van der Waals surface area contributed by atoms with E-state index < -0.39 is 0 Å². The minimum atomic E-state index is 0.241. The van der Waals surface area contributed by atoms with Crippen molar-refractivity contribution >= 4 is 23.4 Å². The van der Waals surface area contributed by atoms with Crippen molar-refractivity contribution < 1.29 is 5.11 Å². The average molecular weight is 270 g/mol. The minimum absolute atomic E-state index is 0.241. The van der Waals surface area contributed by atoms with Gasteiger partial charge in [0.05, 0.1) is 0 Å². The van der Waals surface area contributed by atoms with Crippen LogP contribution in [-0.4, -0.2) is 41.0 Å². The van der Waals surface area contributed by atoms with E-state index in [2.05, 4.69) is 27.5 Å². The Balaban J connectivity index is 2.58. The molecule has 0 spiro atoms. The van der Waals surface area contributed by atoms with E-state index in [0.717, 1.165) is 49.1 Å². The zero-order chi connectivity index (χ0) is 13.2. The van der Waals surface area contributed by atoms with Gasteiger partial charge < -0.3 is 15.7 Å². The second kappa shape index (κ2) is 8.99. The second-order valence-corrected chi connectivity index (χ2v) is 4.68. The zero-order valence-electron chi connectivity index (χ0n) is 11.1. The molecule has 0 saturated heterocycles. The van der Waals surface area contributed by atoms with Crippen molar-refractivity contribution in [1.82, 2.24) is 9.97 Å². The van der Waals surface area contributed by atoms with Crippen LogP contribution in [-0.2, 0) is 0 Å². The first-order valence-electron chi connectivity index (χ1n) is 6.31. The van der Waals surface area contributed by atoms with Crippen molar-refractivity contribution in [3.63, 3.8) is 0 Å². The normalized spacial score (nSPS) is 10.4. The van der Waals surface area contributed by atoms with Crippen molar-refractivity contribution in [1.29, 1.82) is 0 Å². The molecule has 0 aliphatic carbocycles. The number of rotatable bonds is 9. The number of thioether (sulfide) groups is 1. The lowest BCUT2D eigenvalue weighted by atomic mass is 10.3. The van der Waals surface area contributed by atoms with Crippen LogP contribution in [0.3, 0.4) is 0 Å². The topological polar surface area (TPSA) is 70.1 Å². The molecule has 1 aromatic heterocycles. The number of aromatic nitrogens is 2.